The first-order chi connectivity index (χ1) is 13.6. The second-order valence-electron chi connectivity index (χ2n) is 7.69. The molecular weight excluding hydrogens is 354 g/mol. The molecule has 0 spiro atoms. The van der Waals surface area contributed by atoms with Crippen molar-refractivity contribution in [2.75, 3.05) is 11.4 Å². The molecule has 2 fully saturated rings. The normalized spacial score (nSPS) is 22.6. The van der Waals surface area contributed by atoms with Crippen molar-refractivity contribution in [3.63, 3.8) is 0 Å². The average Bonchev–Trinajstić information content (AvgIpc) is 3.12. The molecule has 0 bridgehead atoms. The Morgan fingerprint density at radius 1 is 1.21 bits per heavy atom. The molecule has 2 aromatic rings. The second kappa shape index (κ2) is 8.10. The molecule has 2 amide bonds. The Balaban J connectivity index is 1.44. The summed E-state index contributed by atoms with van der Waals surface area (Å²) in [4.78, 5) is 30.8. The van der Waals surface area contributed by atoms with Gasteiger partial charge in [-0.05, 0) is 61.6 Å². The Labute approximate surface area is 164 Å². The van der Waals surface area contributed by atoms with E-state index in [2.05, 4.69) is 10.3 Å². The molecule has 1 aliphatic heterocycles. The third-order valence-corrected chi connectivity index (χ3v) is 5.70. The maximum Gasteiger partial charge on any atom is 0.251 e. The lowest BCUT2D eigenvalue weighted by molar-refractivity contribution is -0.117. The van der Waals surface area contributed by atoms with Crippen LogP contribution in [-0.4, -0.2) is 40.6 Å². The van der Waals surface area contributed by atoms with Crippen LogP contribution in [0.25, 0.3) is 0 Å². The lowest BCUT2D eigenvalue weighted by atomic mass is 9.76. The number of benzene rings is 1. The molecular formula is C22H25N3O3. The predicted molar refractivity (Wildman–Crippen MR) is 106 cm³/mol. The zero-order valence-electron chi connectivity index (χ0n) is 15.8. The highest BCUT2D eigenvalue weighted by molar-refractivity contribution is 5.97. The molecule has 1 saturated carbocycles. The number of aliphatic hydroxyl groups excluding tert-OH is 1. The Hall–Kier alpha value is -2.73. The van der Waals surface area contributed by atoms with Gasteiger partial charge in [-0.3, -0.25) is 14.6 Å². The topological polar surface area (TPSA) is 82.5 Å². The number of hydrogen-bond donors (Lipinski definition) is 2. The zero-order chi connectivity index (χ0) is 19.5. The van der Waals surface area contributed by atoms with Gasteiger partial charge in [0.2, 0.25) is 5.91 Å². The zero-order valence-corrected chi connectivity index (χ0v) is 15.8. The third-order valence-electron chi connectivity index (χ3n) is 5.70. The molecule has 1 aromatic carbocycles. The van der Waals surface area contributed by atoms with Gasteiger partial charge in [-0.1, -0.05) is 6.07 Å². The van der Waals surface area contributed by atoms with Crippen LogP contribution in [0.15, 0.2) is 48.7 Å². The number of rotatable bonds is 6. The molecule has 28 heavy (non-hydrogen) atoms. The van der Waals surface area contributed by atoms with E-state index in [1.165, 1.54) is 0 Å². The van der Waals surface area contributed by atoms with E-state index in [4.69, 9.17) is 0 Å². The molecule has 0 unspecified atom stereocenters. The summed E-state index contributed by atoms with van der Waals surface area (Å²) in [5, 5.41) is 12.8. The Bertz CT molecular complexity index is 832. The highest BCUT2D eigenvalue weighted by Gasteiger charge is 2.35. The predicted octanol–water partition coefficient (Wildman–Crippen LogP) is 2.32. The SMILES string of the molecule is O=C(N[C@H](Cc1ccccn1)C1CC(O)C1)c1ccc(N2CCCC2=O)cc1. The van der Waals surface area contributed by atoms with Gasteiger partial charge in [0, 0.05) is 48.6 Å². The van der Waals surface area contributed by atoms with Gasteiger partial charge in [-0.2, -0.15) is 0 Å². The highest BCUT2D eigenvalue weighted by atomic mass is 16.3. The van der Waals surface area contributed by atoms with Crippen LogP contribution in [0.3, 0.4) is 0 Å². The van der Waals surface area contributed by atoms with Crippen molar-refractivity contribution >= 4 is 17.5 Å². The number of pyridine rings is 1. The van der Waals surface area contributed by atoms with Gasteiger partial charge in [0.1, 0.15) is 0 Å². The first kappa shape index (κ1) is 18.6. The average molecular weight is 379 g/mol. The molecule has 0 radical (unpaired) electrons. The van der Waals surface area contributed by atoms with E-state index >= 15 is 0 Å². The molecule has 2 N–H and O–H groups in total. The standard InChI is InChI=1S/C22H25N3O3/c26-19-12-16(13-19)20(14-17-4-1-2-10-23-17)24-22(28)15-6-8-18(9-7-15)25-11-3-5-21(25)27/h1-2,4,6-10,16,19-20,26H,3,5,11-14H2,(H,24,28)/t16?,19?,20-/m1/s1. The number of nitrogens with one attached hydrogen (secondary N) is 1. The summed E-state index contributed by atoms with van der Waals surface area (Å²) >= 11 is 0. The summed E-state index contributed by atoms with van der Waals surface area (Å²) in [6.45, 7) is 0.737. The summed E-state index contributed by atoms with van der Waals surface area (Å²) in [5.41, 5.74) is 2.34. The van der Waals surface area contributed by atoms with Crippen LogP contribution in [-0.2, 0) is 11.2 Å². The highest BCUT2D eigenvalue weighted by Crippen LogP contribution is 2.32. The number of carbonyl (C=O) groups is 2. The Morgan fingerprint density at radius 2 is 2.00 bits per heavy atom. The third kappa shape index (κ3) is 4.07. The number of amides is 2. The number of aliphatic hydroxyl groups is 1. The summed E-state index contributed by atoms with van der Waals surface area (Å²) in [5.74, 6) is 0.250. The van der Waals surface area contributed by atoms with Gasteiger partial charge in [0.15, 0.2) is 0 Å². The molecule has 1 atom stereocenters. The second-order valence-corrected chi connectivity index (χ2v) is 7.69. The van der Waals surface area contributed by atoms with Crippen molar-refractivity contribution in [3.8, 4) is 0 Å². The molecule has 6 nitrogen and oxygen atoms in total. The molecule has 1 aromatic heterocycles. The van der Waals surface area contributed by atoms with E-state index in [9.17, 15) is 14.7 Å². The van der Waals surface area contributed by atoms with Gasteiger partial charge < -0.3 is 15.3 Å². The van der Waals surface area contributed by atoms with Crippen molar-refractivity contribution in [1.29, 1.82) is 0 Å². The van der Waals surface area contributed by atoms with Crippen molar-refractivity contribution < 1.29 is 14.7 Å². The smallest absolute Gasteiger partial charge is 0.251 e. The molecule has 6 heteroatoms. The maximum absolute atomic E-state index is 12.8. The molecule has 1 saturated heterocycles. The van der Waals surface area contributed by atoms with Gasteiger partial charge in [-0.15, -0.1) is 0 Å². The molecule has 1 aliphatic carbocycles. The fraction of sp³-hybridized carbons (Fsp3) is 0.409. The van der Waals surface area contributed by atoms with Crippen molar-refractivity contribution in [1.82, 2.24) is 10.3 Å². The van der Waals surface area contributed by atoms with Crippen LogP contribution in [0, 0.1) is 5.92 Å². The van der Waals surface area contributed by atoms with Gasteiger partial charge >= 0.3 is 0 Å². The minimum Gasteiger partial charge on any atom is -0.393 e. The van der Waals surface area contributed by atoms with Crippen molar-refractivity contribution in [2.45, 2.75) is 44.2 Å². The quantitative estimate of drug-likeness (QED) is 0.807. The monoisotopic (exact) mass is 379 g/mol. The van der Waals surface area contributed by atoms with E-state index in [1.54, 1.807) is 23.2 Å². The van der Waals surface area contributed by atoms with Crippen LogP contribution in [0.5, 0.6) is 0 Å². The maximum atomic E-state index is 12.8. The number of aromatic nitrogens is 1. The van der Waals surface area contributed by atoms with Crippen molar-refractivity contribution in [3.05, 3.63) is 59.9 Å². The fourth-order valence-electron chi connectivity index (χ4n) is 4.00. The lowest BCUT2D eigenvalue weighted by Crippen LogP contribution is -2.48. The largest absolute Gasteiger partial charge is 0.393 e. The van der Waals surface area contributed by atoms with E-state index in [0.29, 0.717) is 31.2 Å². The first-order valence-electron chi connectivity index (χ1n) is 9.89. The van der Waals surface area contributed by atoms with E-state index in [0.717, 1.165) is 24.3 Å². The summed E-state index contributed by atoms with van der Waals surface area (Å²) in [7, 11) is 0. The summed E-state index contributed by atoms with van der Waals surface area (Å²) in [6.07, 6.45) is 4.99. The van der Waals surface area contributed by atoms with Gasteiger partial charge in [-0.25, -0.2) is 0 Å². The van der Waals surface area contributed by atoms with Crippen molar-refractivity contribution in [2.24, 2.45) is 5.92 Å². The number of anilines is 1. The van der Waals surface area contributed by atoms with Gasteiger partial charge in [0.05, 0.1) is 6.10 Å². The van der Waals surface area contributed by atoms with Crippen LogP contribution >= 0.6 is 0 Å². The molecule has 2 aliphatic rings. The summed E-state index contributed by atoms with van der Waals surface area (Å²) in [6, 6.07) is 12.9. The van der Waals surface area contributed by atoms with E-state index in [-0.39, 0.29) is 29.9 Å². The van der Waals surface area contributed by atoms with Crippen LogP contribution in [0.4, 0.5) is 5.69 Å². The number of hydrogen-bond acceptors (Lipinski definition) is 4. The molecule has 2 heterocycles. The Kier molecular flexibility index (Phi) is 5.39. The van der Waals surface area contributed by atoms with Gasteiger partial charge in [0.25, 0.3) is 5.91 Å². The minimum atomic E-state index is -0.273. The number of nitrogens with zero attached hydrogens (tertiary/aromatic N) is 2. The lowest BCUT2D eigenvalue weighted by Gasteiger charge is -2.38. The number of carbonyl (C=O) groups excluding carboxylic acids is 2. The summed E-state index contributed by atoms with van der Waals surface area (Å²) < 4.78 is 0. The van der Waals surface area contributed by atoms with E-state index < -0.39 is 0 Å². The Morgan fingerprint density at radius 3 is 2.61 bits per heavy atom. The van der Waals surface area contributed by atoms with E-state index in [1.807, 2.05) is 30.3 Å². The first-order valence-corrected chi connectivity index (χ1v) is 9.89. The molecule has 146 valence electrons. The van der Waals surface area contributed by atoms with Crippen LogP contribution in [0.1, 0.15) is 41.7 Å². The van der Waals surface area contributed by atoms with Crippen LogP contribution < -0.4 is 10.2 Å². The molecule has 4 rings (SSSR count). The minimum absolute atomic E-state index is 0.0642. The fourth-order valence-corrected chi connectivity index (χ4v) is 4.00. The van der Waals surface area contributed by atoms with Crippen LogP contribution in [0.2, 0.25) is 0 Å².